The second-order valence-corrected chi connectivity index (χ2v) is 3.22. The van der Waals surface area contributed by atoms with E-state index in [1.807, 2.05) is 0 Å². The van der Waals surface area contributed by atoms with Crippen molar-refractivity contribution in [2.24, 2.45) is 0 Å². The molecule has 5 heteroatoms. The average molecular weight is 216 g/mol. The molecule has 0 aliphatic heterocycles. The zero-order valence-corrected chi connectivity index (χ0v) is 8.04. The van der Waals surface area contributed by atoms with Crippen molar-refractivity contribution in [3.8, 4) is 0 Å². The Morgan fingerprint density at radius 1 is 1.06 bits per heavy atom. The van der Waals surface area contributed by atoms with Crippen molar-refractivity contribution in [3.63, 3.8) is 0 Å². The maximum absolute atomic E-state index is 10.8. The molecule has 0 aliphatic rings. The highest BCUT2D eigenvalue weighted by molar-refractivity contribution is 6.06. The molecule has 2 rings (SSSR count). The first-order valence-corrected chi connectivity index (χ1v) is 4.49. The van der Waals surface area contributed by atoms with E-state index in [4.69, 9.17) is 0 Å². The zero-order chi connectivity index (χ0) is 11.7. The summed E-state index contributed by atoms with van der Waals surface area (Å²) in [5, 5.41) is 22.2. The number of nitro groups is 1. The lowest BCUT2D eigenvalue weighted by Gasteiger charge is -2.01. The number of hydrogen-bond acceptors (Lipinski definition) is 3. The van der Waals surface area contributed by atoms with E-state index in [9.17, 15) is 20.0 Å². The van der Waals surface area contributed by atoms with Gasteiger partial charge in [-0.15, -0.1) is 0 Å². The second kappa shape index (κ2) is 3.62. The summed E-state index contributed by atoms with van der Waals surface area (Å²) >= 11 is 0. The number of rotatable bonds is 2. The Kier molecular flexibility index (Phi) is 2.28. The highest BCUT2D eigenvalue weighted by atomic mass is 16.6. The van der Waals surface area contributed by atoms with Crippen LogP contribution in [0.1, 0.15) is 10.4 Å². The predicted molar refractivity (Wildman–Crippen MR) is 55.6 cm³/mol. The Labute approximate surface area is 90.1 Å². The minimum Gasteiger partial charge on any atom is -0.258 e. The third-order valence-corrected chi connectivity index (χ3v) is 2.32. The Hall–Kier alpha value is -2.43. The molecular formula is C11H6NO4. The first-order valence-electron chi connectivity index (χ1n) is 4.49. The topological polar surface area (TPSA) is 80.1 Å². The molecule has 0 unspecified atom stereocenters. The third-order valence-electron chi connectivity index (χ3n) is 2.32. The van der Waals surface area contributed by atoms with Crippen LogP contribution in [-0.2, 0) is 5.11 Å². The van der Waals surface area contributed by atoms with Gasteiger partial charge in [-0.2, -0.15) is 0 Å². The molecule has 0 bridgehead atoms. The van der Waals surface area contributed by atoms with Crippen molar-refractivity contribution in [2.75, 3.05) is 0 Å². The number of non-ortho nitro benzene ring substituents is 1. The largest absolute Gasteiger partial charge is 0.386 e. The summed E-state index contributed by atoms with van der Waals surface area (Å²) in [6.07, 6.45) is 0. The lowest BCUT2D eigenvalue weighted by Crippen LogP contribution is -1.98. The Morgan fingerprint density at radius 3 is 2.25 bits per heavy atom. The maximum Gasteiger partial charge on any atom is 0.386 e. The molecule has 0 aromatic heterocycles. The average Bonchev–Trinajstić information content (AvgIpc) is 2.27. The van der Waals surface area contributed by atoms with Gasteiger partial charge in [-0.05, 0) is 12.1 Å². The monoisotopic (exact) mass is 216 g/mol. The zero-order valence-electron chi connectivity index (χ0n) is 8.04. The van der Waals surface area contributed by atoms with Crippen LogP contribution in [0.25, 0.3) is 10.8 Å². The van der Waals surface area contributed by atoms with Gasteiger partial charge in [0.05, 0.1) is 15.9 Å². The van der Waals surface area contributed by atoms with E-state index < -0.39 is 10.9 Å². The minimum absolute atomic E-state index is 0.0406. The van der Waals surface area contributed by atoms with E-state index in [1.54, 1.807) is 12.1 Å². The van der Waals surface area contributed by atoms with Gasteiger partial charge in [0.15, 0.2) is 0 Å². The molecular weight excluding hydrogens is 210 g/mol. The van der Waals surface area contributed by atoms with Gasteiger partial charge in [-0.3, -0.25) is 10.1 Å². The van der Waals surface area contributed by atoms with Crippen LogP contribution in [-0.4, -0.2) is 10.9 Å². The Balaban J connectivity index is 2.87. The summed E-state index contributed by atoms with van der Waals surface area (Å²) in [6, 6.07) is 8.64. The van der Waals surface area contributed by atoms with Gasteiger partial charge in [0.2, 0.25) is 0 Å². The molecule has 5 nitrogen and oxygen atoms in total. The van der Waals surface area contributed by atoms with Gasteiger partial charge in [0.1, 0.15) is 0 Å². The molecule has 0 aliphatic carbocycles. The second-order valence-electron chi connectivity index (χ2n) is 3.22. The molecule has 2 aromatic rings. The molecule has 0 spiro atoms. The summed E-state index contributed by atoms with van der Waals surface area (Å²) in [7, 11) is 0. The van der Waals surface area contributed by atoms with Crippen molar-refractivity contribution < 1.29 is 14.8 Å². The van der Waals surface area contributed by atoms with Gasteiger partial charge in [0, 0.05) is 11.5 Å². The molecule has 0 saturated heterocycles. The Bertz CT molecular complexity index is 539. The van der Waals surface area contributed by atoms with Gasteiger partial charge in [0.25, 0.3) is 5.69 Å². The van der Waals surface area contributed by atoms with Crippen LogP contribution in [0.3, 0.4) is 0 Å². The van der Waals surface area contributed by atoms with Crippen LogP contribution in [0.5, 0.6) is 0 Å². The number of fused-ring (bicyclic) bond motifs is 1. The molecule has 2 aromatic carbocycles. The Morgan fingerprint density at radius 2 is 1.69 bits per heavy atom. The quantitative estimate of drug-likeness (QED) is 0.570. The van der Waals surface area contributed by atoms with E-state index in [0.29, 0.717) is 10.8 Å². The molecule has 0 amide bonds. The molecule has 0 atom stereocenters. The summed E-state index contributed by atoms with van der Waals surface area (Å²) in [4.78, 5) is 21.0. The normalized spacial score (nSPS) is 10.2. The van der Waals surface area contributed by atoms with Crippen molar-refractivity contribution >= 4 is 22.4 Å². The van der Waals surface area contributed by atoms with Gasteiger partial charge in [-0.25, -0.2) is 9.90 Å². The van der Waals surface area contributed by atoms with E-state index in [-0.39, 0.29) is 11.3 Å². The van der Waals surface area contributed by atoms with Crippen LogP contribution < -0.4 is 0 Å². The molecule has 0 saturated carbocycles. The van der Waals surface area contributed by atoms with Crippen molar-refractivity contribution in [3.05, 3.63) is 52.1 Å². The SMILES string of the molecule is [O]C(=O)c1ccc([N+](=O)[O-])c2ccccc12. The smallest absolute Gasteiger partial charge is 0.258 e. The molecule has 79 valence electrons. The molecule has 1 radical (unpaired) electrons. The predicted octanol–water partition coefficient (Wildman–Crippen LogP) is 2.32. The third kappa shape index (κ3) is 1.48. The summed E-state index contributed by atoms with van der Waals surface area (Å²) in [5.41, 5.74) is -0.151. The highest BCUT2D eigenvalue weighted by Crippen LogP contribution is 2.28. The highest BCUT2D eigenvalue weighted by Gasteiger charge is 2.17. The van der Waals surface area contributed by atoms with Gasteiger partial charge < -0.3 is 0 Å². The first-order chi connectivity index (χ1) is 7.61. The fraction of sp³-hybridized carbons (Fsp3) is 0. The molecule has 0 fully saturated rings. The van der Waals surface area contributed by atoms with Crippen LogP contribution >= 0.6 is 0 Å². The number of nitrogens with zero attached hydrogens (tertiary/aromatic N) is 1. The van der Waals surface area contributed by atoms with Crippen molar-refractivity contribution in [1.29, 1.82) is 0 Å². The lowest BCUT2D eigenvalue weighted by atomic mass is 10.0. The van der Waals surface area contributed by atoms with Crippen molar-refractivity contribution in [2.45, 2.75) is 0 Å². The lowest BCUT2D eigenvalue weighted by molar-refractivity contribution is -0.383. The van der Waals surface area contributed by atoms with Crippen LogP contribution in [0.2, 0.25) is 0 Å². The van der Waals surface area contributed by atoms with E-state index in [1.165, 1.54) is 24.3 Å². The number of nitro benzene ring substituents is 1. The summed E-state index contributed by atoms with van der Waals surface area (Å²) < 4.78 is 0. The van der Waals surface area contributed by atoms with E-state index >= 15 is 0 Å². The fourth-order valence-electron chi connectivity index (χ4n) is 1.62. The van der Waals surface area contributed by atoms with Crippen LogP contribution in [0, 0.1) is 10.1 Å². The van der Waals surface area contributed by atoms with Crippen LogP contribution in [0.15, 0.2) is 36.4 Å². The summed E-state index contributed by atoms with van der Waals surface area (Å²) in [6.45, 7) is 0. The number of benzene rings is 2. The van der Waals surface area contributed by atoms with Gasteiger partial charge >= 0.3 is 5.97 Å². The molecule has 16 heavy (non-hydrogen) atoms. The van der Waals surface area contributed by atoms with Crippen LogP contribution in [0.4, 0.5) is 5.69 Å². The van der Waals surface area contributed by atoms with Gasteiger partial charge in [-0.1, -0.05) is 18.2 Å². The number of carbonyl (C=O) groups excluding carboxylic acids is 1. The molecule has 0 N–H and O–H groups in total. The number of carbonyl (C=O) groups is 1. The minimum atomic E-state index is -1.34. The van der Waals surface area contributed by atoms with Crippen molar-refractivity contribution in [1.82, 2.24) is 0 Å². The fourth-order valence-corrected chi connectivity index (χ4v) is 1.62. The van der Waals surface area contributed by atoms with E-state index in [2.05, 4.69) is 0 Å². The maximum atomic E-state index is 10.8. The standard InChI is InChI=1S/C11H6NO4/c13-11(14)9-5-6-10(12(15)16)8-4-2-1-3-7(8)9/h1-6H. The first kappa shape index (κ1) is 10.1. The van der Waals surface area contributed by atoms with E-state index in [0.717, 1.165) is 0 Å². The summed E-state index contributed by atoms with van der Waals surface area (Å²) in [5.74, 6) is -1.34. The molecule has 0 heterocycles. The number of hydrogen-bond donors (Lipinski definition) is 0.